The quantitative estimate of drug-likeness (QED) is 0.493. The van der Waals surface area contributed by atoms with Crippen molar-refractivity contribution in [2.75, 3.05) is 10.6 Å². The summed E-state index contributed by atoms with van der Waals surface area (Å²) < 4.78 is 0. The average Bonchev–Trinajstić information content (AvgIpc) is 2.70. The monoisotopic (exact) mass is 437 g/mol. The van der Waals surface area contributed by atoms with Crippen molar-refractivity contribution < 1.29 is 9.59 Å². The fraction of sp³-hybridized carbons (Fsp3) is 0.0870. The van der Waals surface area contributed by atoms with E-state index in [4.69, 9.17) is 23.8 Å². The zero-order valence-corrected chi connectivity index (χ0v) is 17.8. The zero-order chi connectivity index (χ0) is 21.5. The summed E-state index contributed by atoms with van der Waals surface area (Å²) in [4.78, 5) is 24.7. The molecule has 3 N–H and O–H groups in total. The van der Waals surface area contributed by atoms with E-state index in [1.165, 1.54) is 0 Å². The SMILES string of the molecule is Cc1ccccc1C(=O)Nc1cccc(NC(=S)NC(=O)Cc2ccc(Cl)cc2)c1. The summed E-state index contributed by atoms with van der Waals surface area (Å²) in [5.74, 6) is -0.428. The third-order valence-electron chi connectivity index (χ3n) is 4.30. The van der Waals surface area contributed by atoms with Crippen molar-refractivity contribution in [3.63, 3.8) is 0 Å². The second-order valence-corrected chi connectivity index (χ2v) is 7.50. The van der Waals surface area contributed by atoms with E-state index >= 15 is 0 Å². The maximum atomic E-state index is 12.5. The number of aryl methyl sites for hydroxylation is 1. The van der Waals surface area contributed by atoms with Gasteiger partial charge in [-0.1, -0.05) is 48.0 Å². The van der Waals surface area contributed by atoms with Crippen LogP contribution in [-0.2, 0) is 11.2 Å². The van der Waals surface area contributed by atoms with Crippen molar-refractivity contribution in [1.82, 2.24) is 5.32 Å². The number of nitrogens with one attached hydrogen (secondary N) is 3. The van der Waals surface area contributed by atoms with E-state index in [9.17, 15) is 9.59 Å². The Morgan fingerprint density at radius 1 is 0.900 bits per heavy atom. The molecule has 0 fully saturated rings. The van der Waals surface area contributed by atoms with Gasteiger partial charge in [-0.05, 0) is 66.7 Å². The van der Waals surface area contributed by atoms with Gasteiger partial charge in [0.15, 0.2) is 5.11 Å². The van der Waals surface area contributed by atoms with Crippen LogP contribution in [0.4, 0.5) is 11.4 Å². The maximum Gasteiger partial charge on any atom is 0.255 e. The third kappa shape index (κ3) is 6.14. The fourth-order valence-corrected chi connectivity index (χ4v) is 3.18. The molecule has 0 aliphatic carbocycles. The molecular formula is C23H20ClN3O2S. The molecule has 0 bridgehead atoms. The molecule has 0 aliphatic heterocycles. The predicted octanol–water partition coefficient (Wildman–Crippen LogP) is 4.96. The van der Waals surface area contributed by atoms with E-state index in [-0.39, 0.29) is 23.3 Å². The highest BCUT2D eigenvalue weighted by Gasteiger charge is 2.10. The van der Waals surface area contributed by atoms with Crippen molar-refractivity contribution in [3.8, 4) is 0 Å². The molecule has 0 aliphatic rings. The first-order valence-electron chi connectivity index (χ1n) is 9.23. The van der Waals surface area contributed by atoms with Crippen LogP contribution in [0, 0.1) is 6.92 Å². The number of amides is 2. The molecule has 0 saturated heterocycles. The highest BCUT2D eigenvalue weighted by Crippen LogP contribution is 2.17. The Kier molecular flexibility index (Phi) is 7.17. The lowest BCUT2D eigenvalue weighted by atomic mass is 10.1. The van der Waals surface area contributed by atoms with E-state index in [1.807, 2.05) is 25.1 Å². The van der Waals surface area contributed by atoms with Gasteiger partial charge in [-0.3, -0.25) is 9.59 Å². The first-order chi connectivity index (χ1) is 14.4. The molecule has 3 aromatic carbocycles. The number of thiocarbonyl (C=S) groups is 1. The molecule has 0 heterocycles. The molecule has 0 spiro atoms. The Morgan fingerprint density at radius 3 is 2.27 bits per heavy atom. The van der Waals surface area contributed by atoms with Gasteiger partial charge in [-0.25, -0.2) is 0 Å². The summed E-state index contributed by atoms with van der Waals surface area (Å²) in [6.07, 6.45) is 0.186. The first kappa shape index (κ1) is 21.5. The minimum absolute atomic E-state index is 0.177. The van der Waals surface area contributed by atoms with Gasteiger partial charge < -0.3 is 16.0 Å². The predicted molar refractivity (Wildman–Crippen MR) is 125 cm³/mol. The van der Waals surface area contributed by atoms with Crippen LogP contribution in [0.2, 0.25) is 5.02 Å². The molecule has 0 atom stereocenters. The maximum absolute atomic E-state index is 12.5. The minimum Gasteiger partial charge on any atom is -0.332 e. The summed E-state index contributed by atoms with van der Waals surface area (Å²) in [7, 11) is 0. The Morgan fingerprint density at radius 2 is 1.57 bits per heavy atom. The number of benzene rings is 3. The van der Waals surface area contributed by atoms with Crippen LogP contribution >= 0.6 is 23.8 Å². The van der Waals surface area contributed by atoms with Crippen LogP contribution in [0.1, 0.15) is 21.5 Å². The first-order valence-corrected chi connectivity index (χ1v) is 10.0. The third-order valence-corrected chi connectivity index (χ3v) is 4.75. The lowest BCUT2D eigenvalue weighted by Gasteiger charge is -2.12. The normalized spacial score (nSPS) is 10.2. The van der Waals surface area contributed by atoms with Gasteiger partial charge >= 0.3 is 0 Å². The summed E-state index contributed by atoms with van der Waals surface area (Å²) >= 11 is 11.1. The molecule has 5 nitrogen and oxygen atoms in total. The van der Waals surface area contributed by atoms with Crippen molar-refractivity contribution in [1.29, 1.82) is 0 Å². The number of carbonyl (C=O) groups is 2. The van der Waals surface area contributed by atoms with Gasteiger partial charge in [0, 0.05) is 22.0 Å². The zero-order valence-electron chi connectivity index (χ0n) is 16.2. The van der Waals surface area contributed by atoms with E-state index < -0.39 is 0 Å². The topological polar surface area (TPSA) is 70.2 Å². The van der Waals surface area contributed by atoms with Gasteiger partial charge in [0.05, 0.1) is 6.42 Å². The van der Waals surface area contributed by atoms with Gasteiger partial charge in [0.2, 0.25) is 5.91 Å². The van der Waals surface area contributed by atoms with Gasteiger partial charge in [0.1, 0.15) is 0 Å². The molecule has 3 rings (SSSR count). The second-order valence-electron chi connectivity index (χ2n) is 6.66. The molecule has 0 radical (unpaired) electrons. The average molecular weight is 438 g/mol. The number of anilines is 2. The highest BCUT2D eigenvalue weighted by molar-refractivity contribution is 7.80. The van der Waals surface area contributed by atoms with Crippen molar-refractivity contribution >= 4 is 52.1 Å². The van der Waals surface area contributed by atoms with E-state index in [0.29, 0.717) is 22.0 Å². The lowest BCUT2D eigenvalue weighted by Crippen LogP contribution is -2.35. The molecule has 30 heavy (non-hydrogen) atoms. The van der Waals surface area contributed by atoms with Crippen LogP contribution < -0.4 is 16.0 Å². The standard InChI is InChI=1S/C23H20ClN3O2S/c1-15-5-2-3-8-20(15)22(29)25-18-6-4-7-19(14-18)26-23(30)27-21(28)13-16-9-11-17(24)12-10-16/h2-12,14H,13H2,1H3,(H,25,29)(H2,26,27,28,30). The number of hydrogen-bond donors (Lipinski definition) is 3. The number of carbonyl (C=O) groups excluding carboxylic acids is 2. The summed E-state index contributed by atoms with van der Waals surface area (Å²) in [6, 6.07) is 21.5. The largest absolute Gasteiger partial charge is 0.332 e. The van der Waals surface area contributed by atoms with Crippen LogP contribution in [0.3, 0.4) is 0 Å². The number of hydrogen-bond acceptors (Lipinski definition) is 3. The molecule has 0 saturated carbocycles. The van der Waals surface area contributed by atoms with Crippen LogP contribution in [-0.4, -0.2) is 16.9 Å². The van der Waals surface area contributed by atoms with E-state index in [2.05, 4.69) is 16.0 Å². The fourth-order valence-electron chi connectivity index (χ4n) is 2.82. The molecule has 3 aromatic rings. The number of rotatable bonds is 5. The van der Waals surface area contributed by atoms with Gasteiger partial charge in [-0.2, -0.15) is 0 Å². The minimum atomic E-state index is -0.237. The van der Waals surface area contributed by atoms with E-state index in [1.54, 1.807) is 54.6 Å². The van der Waals surface area contributed by atoms with Crippen molar-refractivity contribution in [2.45, 2.75) is 13.3 Å². The molecule has 152 valence electrons. The van der Waals surface area contributed by atoms with Crippen molar-refractivity contribution in [2.24, 2.45) is 0 Å². The van der Waals surface area contributed by atoms with Crippen LogP contribution in [0.5, 0.6) is 0 Å². The van der Waals surface area contributed by atoms with Gasteiger partial charge in [0.25, 0.3) is 5.91 Å². The lowest BCUT2D eigenvalue weighted by molar-refractivity contribution is -0.119. The molecule has 0 unspecified atom stereocenters. The Bertz CT molecular complexity index is 1080. The summed E-state index contributed by atoms with van der Waals surface area (Å²) in [6.45, 7) is 1.89. The van der Waals surface area contributed by atoms with Crippen LogP contribution in [0.25, 0.3) is 0 Å². The molecule has 2 amide bonds. The molecular weight excluding hydrogens is 418 g/mol. The Balaban J connectivity index is 1.57. The number of halogens is 1. The summed E-state index contributed by atoms with van der Waals surface area (Å²) in [5, 5.41) is 9.27. The van der Waals surface area contributed by atoms with E-state index in [0.717, 1.165) is 11.1 Å². The van der Waals surface area contributed by atoms with Gasteiger partial charge in [-0.15, -0.1) is 0 Å². The molecule has 7 heteroatoms. The second kappa shape index (κ2) is 10.0. The summed E-state index contributed by atoms with van der Waals surface area (Å²) in [5.41, 5.74) is 3.60. The smallest absolute Gasteiger partial charge is 0.255 e. The highest BCUT2D eigenvalue weighted by atomic mass is 35.5. The molecule has 0 aromatic heterocycles. The Labute approximate surface area is 185 Å². The van der Waals surface area contributed by atoms with Crippen LogP contribution in [0.15, 0.2) is 72.8 Å². The van der Waals surface area contributed by atoms with Crippen molar-refractivity contribution in [3.05, 3.63) is 94.5 Å². The Hall–Kier alpha value is -3.22.